The van der Waals surface area contributed by atoms with Crippen molar-refractivity contribution in [2.45, 2.75) is 0 Å². The summed E-state index contributed by atoms with van der Waals surface area (Å²) in [6.45, 7) is 0. The minimum Gasteiger partial charge on any atom is -0.478 e. The molecule has 0 atom stereocenters. The number of hydrogen-bond donors (Lipinski definition) is 2. The van der Waals surface area contributed by atoms with E-state index >= 15 is 0 Å². The summed E-state index contributed by atoms with van der Waals surface area (Å²) >= 11 is 0. The van der Waals surface area contributed by atoms with Crippen LogP contribution in [-0.2, 0) is 14.4 Å². The largest absolute Gasteiger partial charge is 0.478 e. The Morgan fingerprint density at radius 3 is 2.00 bits per heavy atom. The second-order valence-electron chi connectivity index (χ2n) is 1.40. The Balaban J connectivity index is 4.03. The van der Waals surface area contributed by atoms with Crippen molar-refractivity contribution in [1.29, 1.82) is 0 Å². The van der Waals surface area contributed by atoms with Crippen LogP contribution in [0.1, 0.15) is 0 Å². The molecule has 0 aromatic carbocycles. The average Bonchev–Trinajstić information content (AvgIpc) is 1.82. The molecule has 0 rings (SSSR count). The first-order valence-corrected chi connectivity index (χ1v) is 2.29. The van der Waals surface area contributed by atoms with E-state index in [1.54, 1.807) is 0 Å². The molecule has 10 heavy (non-hydrogen) atoms. The number of carbonyl (C=O) groups is 3. The lowest BCUT2D eigenvalue weighted by Gasteiger charge is -1.81. The highest BCUT2D eigenvalue weighted by Gasteiger charge is 2.02. The maximum Gasteiger partial charge on any atom is 0.328 e. The zero-order chi connectivity index (χ0) is 8.15. The molecule has 3 N–H and O–H groups in total. The van der Waals surface area contributed by atoms with Crippen LogP contribution in [0.2, 0.25) is 0 Å². The van der Waals surface area contributed by atoms with Crippen LogP contribution >= 0.6 is 0 Å². The fraction of sp³-hybridized carbons (Fsp3) is 0. The number of nitrogens with two attached hydrogens (primary N) is 1. The van der Waals surface area contributed by atoms with Crippen LogP contribution in [0.25, 0.3) is 0 Å². The number of carbonyl (C=O) groups excluding carboxylic acids is 2. The van der Waals surface area contributed by atoms with E-state index in [9.17, 15) is 14.4 Å². The number of aliphatic carboxylic acids is 1. The third kappa shape index (κ3) is 3.36. The third-order valence-corrected chi connectivity index (χ3v) is 0.620. The molecule has 0 saturated carbocycles. The van der Waals surface area contributed by atoms with Gasteiger partial charge in [0.15, 0.2) is 0 Å². The van der Waals surface area contributed by atoms with Crippen molar-refractivity contribution >= 4 is 17.7 Å². The van der Waals surface area contributed by atoms with Crippen LogP contribution in [0.3, 0.4) is 0 Å². The summed E-state index contributed by atoms with van der Waals surface area (Å²) in [6, 6.07) is 0. The van der Waals surface area contributed by atoms with E-state index < -0.39 is 17.7 Å². The van der Waals surface area contributed by atoms with E-state index in [2.05, 4.69) is 5.73 Å². The molecule has 1 amide bonds. The smallest absolute Gasteiger partial charge is 0.328 e. The average molecular weight is 143 g/mol. The lowest BCUT2D eigenvalue weighted by molar-refractivity contribution is -0.133. The lowest BCUT2D eigenvalue weighted by Crippen LogP contribution is -2.20. The molecule has 0 saturated heterocycles. The van der Waals surface area contributed by atoms with Gasteiger partial charge in [-0.25, -0.2) is 4.79 Å². The number of amides is 1. The molecule has 0 bridgehead atoms. The Morgan fingerprint density at radius 2 is 1.70 bits per heavy atom. The second-order valence-corrected chi connectivity index (χ2v) is 1.40. The SMILES string of the molecule is NC(=O)C(=O)/C=C\C(=O)O. The number of primary amides is 1. The summed E-state index contributed by atoms with van der Waals surface area (Å²) in [6.07, 6.45) is 1.15. The Morgan fingerprint density at radius 1 is 1.20 bits per heavy atom. The number of hydrogen-bond acceptors (Lipinski definition) is 3. The first-order chi connectivity index (χ1) is 4.54. The lowest BCUT2D eigenvalue weighted by atomic mass is 10.3. The van der Waals surface area contributed by atoms with E-state index in [-0.39, 0.29) is 0 Å². The molecule has 0 unspecified atom stereocenters. The standard InChI is InChI=1S/C5H5NO4/c6-5(10)3(7)1-2-4(8)9/h1-2H,(H2,6,10)(H,8,9)/b2-1-. The Hall–Kier alpha value is -1.65. The zero-order valence-electron chi connectivity index (χ0n) is 4.90. The predicted molar refractivity (Wildman–Crippen MR) is 31.0 cm³/mol. The molecule has 0 heterocycles. The summed E-state index contributed by atoms with van der Waals surface area (Å²) in [4.78, 5) is 29.9. The van der Waals surface area contributed by atoms with Crippen LogP contribution in [-0.4, -0.2) is 22.8 Å². The second kappa shape index (κ2) is 3.39. The van der Waals surface area contributed by atoms with Gasteiger partial charge < -0.3 is 10.8 Å². The molecule has 0 aliphatic carbocycles. The maximum atomic E-state index is 10.2. The van der Waals surface area contributed by atoms with E-state index in [4.69, 9.17) is 5.11 Å². The monoisotopic (exact) mass is 143 g/mol. The highest BCUT2D eigenvalue weighted by molar-refractivity contribution is 6.40. The van der Waals surface area contributed by atoms with Gasteiger partial charge in [0.1, 0.15) is 0 Å². The van der Waals surface area contributed by atoms with Crippen LogP contribution in [0, 0.1) is 0 Å². The molecule has 5 heteroatoms. The Kier molecular flexibility index (Phi) is 2.83. The molecule has 0 aliphatic heterocycles. The highest BCUT2D eigenvalue weighted by Crippen LogP contribution is 1.75. The number of ketones is 1. The van der Waals surface area contributed by atoms with E-state index in [0.717, 1.165) is 0 Å². The van der Waals surface area contributed by atoms with Gasteiger partial charge in [-0.05, 0) is 6.08 Å². The first kappa shape index (κ1) is 8.35. The summed E-state index contributed by atoms with van der Waals surface area (Å²) in [5.74, 6) is -3.49. The van der Waals surface area contributed by atoms with E-state index in [1.165, 1.54) is 0 Å². The summed E-state index contributed by atoms with van der Waals surface area (Å²) in [5.41, 5.74) is 4.49. The van der Waals surface area contributed by atoms with Crippen molar-refractivity contribution in [2.24, 2.45) is 5.73 Å². The van der Waals surface area contributed by atoms with E-state index in [1.807, 2.05) is 0 Å². The Bertz CT molecular complexity index is 206. The van der Waals surface area contributed by atoms with Crippen molar-refractivity contribution in [1.82, 2.24) is 0 Å². The Labute approximate surface area is 56.1 Å². The van der Waals surface area contributed by atoms with Gasteiger partial charge in [0, 0.05) is 6.08 Å². The van der Waals surface area contributed by atoms with Crippen molar-refractivity contribution in [3.63, 3.8) is 0 Å². The summed E-state index contributed by atoms with van der Waals surface area (Å²) in [5, 5.41) is 7.95. The minimum atomic E-state index is -1.30. The quantitative estimate of drug-likeness (QED) is 0.378. The molecule has 54 valence electrons. The fourth-order valence-corrected chi connectivity index (χ4v) is 0.229. The van der Waals surface area contributed by atoms with Gasteiger partial charge in [0.05, 0.1) is 0 Å². The topological polar surface area (TPSA) is 97.5 Å². The summed E-state index contributed by atoms with van der Waals surface area (Å²) in [7, 11) is 0. The molecular weight excluding hydrogens is 138 g/mol. The molecular formula is C5H5NO4. The molecule has 0 aromatic heterocycles. The van der Waals surface area contributed by atoms with E-state index in [0.29, 0.717) is 12.2 Å². The molecule has 0 fully saturated rings. The van der Waals surface area contributed by atoms with Crippen LogP contribution in [0.15, 0.2) is 12.2 Å². The van der Waals surface area contributed by atoms with Gasteiger partial charge in [0.2, 0.25) is 5.78 Å². The maximum absolute atomic E-state index is 10.2. The van der Waals surface area contributed by atoms with Crippen LogP contribution < -0.4 is 5.73 Å². The van der Waals surface area contributed by atoms with Gasteiger partial charge in [-0.1, -0.05) is 0 Å². The van der Waals surface area contributed by atoms with Crippen molar-refractivity contribution in [3.05, 3.63) is 12.2 Å². The third-order valence-electron chi connectivity index (χ3n) is 0.620. The first-order valence-electron chi connectivity index (χ1n) is 2.29. The molecule has 0 spiro atoms. The fourth-order valence-electron chi connectivity index (χ4n) is 0.229. The highest BCUT2D eigenvalue weighted by atomic mass is 16.4. The van der Waals surface area contributed by atoms with Crippen molar-refractivity contribution < 1.29 is 19.5 Å². The molecule has 0 radical (unpaired) electrons. The van der Waals surface area contributed by atoms with Gasteiger partial charge in [-0.15, -0.1) is 0 Å². The number of rotatable bonds is 3. The minimum absolute atomic E-state index is 0.549. The molecule has 0 aromatic rings. The van der Waals surface area contributed by atoms with Crippen molar-refractivity contribution in [3.8, 4) is 0 Å². The number of carboxylic acids is 1. The van der Waals surface area contributed by atoms with Gasteiger partial charge >= 0.3 is 5.97 Å². The van der Waals surface area contributed by atoms with Crippen molar-refractivity contribution in [2.75, 3.05) is 0 Å². The predicted octanol–water partition coefficient (Wildman–Crippen LogP) is -1.32. The van der Waals surface area contributed by atoms with Gasteiger partial charge in [-0.3, -0.25) is 9.59 Å². The van der Waals surface area contributed by atoms with Crippen LogP contribution in [0.5, 0.6) is 0 Å². The zero-order valence-corrected chi connectivity index (χ0v) is 4.90. The van der Waals surface area contributed by atoms with Gasteiger partial charge in [0.25, 0.3) is 5.91 Å². The van der Waals surface area contributed by atoms with Crippen LogP contribution in [0.4, 0.5) is 0 Å². The molecule has 5 nitrogen and oxygen atoms in total. The normalized spacial score (nSPS) is 9.60. The summed E-state index contributed by atoms with van der Waals surface area (Å²) < 4.78 is 0. The molecule has 0 aliphatic rings. The van der Waals surface area contributed by atoms with Gasteiger partial charge in [-0.2, -0.15) is 0 Å². The number of carboxylic acid groups (broad SMARTS) is 1.